The van der Waals surface area contributed by atoms with Gasteiger partial charge in [-0.05, 0) is 56.7 Å². The number of rotatable bonds is 11. The number of benzene rings is 2. The number of carbonyl (C=O) groups excluding carboxylic acids is 2. The lowest BCUT2D eigenvalue weighted by Gasteiger charge is -2.18. The first-order valence-electron chi connectivity index (χ1n) is 13.8. The van der Waals surface area contributed by atoms with Gasteiger partial charge in [-0.2, -0.15) is 5.10 Å². The van der Waals surface area contributed by atoms with Crippen molar-refractivity contribution in [1.29, 1.82) is 0 Å². The van der Waals surface area contributed by atoms with Crippen LogP contribution in [0.25, 0.3) is 16.6 Å². The molecule has 3 heterocycles. The van der Waals surface area contributed by atoms with Gasteiger partial charge in [0.25, 0.3) is 0 Å². The maximum absolute atomic E-state index is 14.9. The predicted molar refractivity (Wildman–Crippen MR) is 164 cm³/mol. The molecule has 1 amide bonds. The van der Waals surface area contributed by atoms with Crippen LogP contribution in [0.1, 0.15) is 35.5 Å². The fraction of sp³-hybridized carbons (Fsp3) is 0.200. The molecule has 0 aliphatic heterocycles. The fourth-order valence-corrected chi connectivity index (χ4v) is 5.77. The number of halogens is 2. The number of hydrogen-bond donors (Lipinski definition) is 3. The van der Waals surface area contributed by atoms with E-state index in [1.807, 2.05) is 0 Å². The summed E-state index contributed by atoms with van der Waals surface area (Å²) in [6.07, 6.45) is 2.70. The number of nitrogens with one attached hydrogen (secondary N) is 2. The number of nitrogens with zero attached hydrogens (tertiary/aromatic N) is 4. The van der Waals surface area contributed by atoms with Gasteiger partial charge in [0.2, 0.25) is 27.6 Å². The third-order valence-electron chi connectivity index (χ3n) is 7.04. The van der Waals surface area contributed by atoms with Gasteiger partial charge in [0.15, 0.2) is 11.6 Å². The smallest absolute Gasteiger partial charge is 0.241 e. The van der Waals surface area contributed by atoms with Crippen molar-refractivity contribution in [2.24, 2.45) is 0 Å². The van der Waals surface area contributed by atoms with Gasteiger partial charge in [-0.3, -0.25) is 14.3 Å². The van der Waals surface area contributed by atoms with Crippen LogP contribution in [-0.4, -0.2) is 63.6 Å². The monoisotopic (exact) mass is 637 g/mol. The van der Waals surface area contributed by atoms with Crippen LogP contribution in [-0.2, 0) is 14.8 Å². The first kappa shape index (κ1) is 31.1. The molecular weight excluding hydrogens is 608 g/mol. The summed E-state index contributed by atoms with van der Waals surface area (Å²) < 4.78 is 63.0. The van der Waals surface area contributed by atoms with Crippen molar-refractivity contribution >= 4 is 44.1 Å². The van der Waals surface area contributed by atoms with E-state index in [4.69, 9.17) is 10.5 Å². The second-order valence-corrected chi connectivity index (χ2v) is 11.8. The lowest BCUT2D eigenvalue weighted by Crippen LogP contribution is -2.37. The van der Waals surface area contributed by atoms with Crippen molar-refractivity contribution in [2.75, 3.05) is 29.3 Å². The van der Waals surface area contributed by atoms with Crippen LogP contribution in [0.3, 0.4) is 0 Å². The van der Waals surface area contributed by atoms with E-state index < -0.39 is 39.1 Å². The van der Waals surface area contributed by atoms with E-state index in [0.717, 1.165) is 6.07 Å². The molecule has 0 spiro atoms. The van der Waals surface area contributed by atoms with Gasteiger partial charge in [0, 0.05) is 30.1 Å². The van der Waals surface area contributed by atoms with E-state index in [9.17, 15) is 26.8 Å². The number of anilines is 2. The normalized spacial score (nSPS) is 11.5. The number of ketones is 1. The minimum atomic E-state index is -4.22. The molecule has 5 rings (SSSR count). The van der Waals surface area contributed by atoms with Crippen molar-refractivity contribution in [3.8, 4) is 17.3 Å². The molecule has 5 aromatic rings. The van der Waals surface area contributed by atoms with Gasteiger partial charge < -0.3 is 20.4 Å². The maximum atomic E-state index is 14.9. The zero-order chi connectivity index (χ0) is 32.5. The number of nitrogen functional groups attached to an aromatic ring is 1. The lowest BCUT2D eigenvalue weighted by molar-refractivity contribution is -0.128. The highest BCUT2D eigenvalue weighted by molar-refractivity contribution is 7.93. The maximum Gasteiger partial charge on any atom is 0.241 e. The lowest BCUT2D eigenvalue weighted by atomic mass is 10.1. The fourth-order valence-electron chi connectivity index (χ4n) is 4.70. The Morgan fingerprint density at radius 1 is 1.07 bits per heavy atom. The summed E-state index contributed by atoms with van der Waals surface area (Å²) in [5.41, 5.74) is 7.36. The number of para-hydroxylation sites is 1. The van der Waals surface area contributed by atoms with Crippen LogP contribution in [0.5, 0.6) is 11.6 Å². The summed E-state index contributed by atoms with van der Waals surface area (Å²) in [6.45, 7) is 5.86. The topological polar surface area (TPSA) is 165 Å². The number of sulfonamides is 1. The van der Waals surface area contributed by atoms with Crippen molar-refractivity contribution in [3.05, 3.63) is 89.4 Å². The summed E-state index contributed by atoms with van der Waals surface area (Å²) in [6, 6.07) is 11.2. The van der Waals surface area contributed by atoms with Gasteiger partial charge in [-0.1, -0.05) is 12.1 Å². The van der Waals surface area contributed by atoms with Gasteiger partial charge in [-0.25, -0.2) is 26.9 Å². The molecule has 0 saturated heterocycles. The van der Waals surface area contributed by atoms with Gasteiger partial charge >= 0.3 is 0 Å². The molecule has 0 aliphatic carbocycles. The van der Waals surface area contributed by atoms with Crippen LogP contribution in [0, 0.1) is 18.6 Å². The summed E-state index contributed by atoms with van der Waals surface area (Å²) >= 11 is 0. The average molecular weight is 638 g/mol. The molecule has 0 fully saturated rings. The van der Waals surface area contributed by atoms with E-state index in [2.05, 4.69) is 19.8 Å². The number of ether oxygens (including phenoxy) is 1. The van der Waals surface area contributed by atoms with Gasteiger partial charge in [-0.15, -0.1) is 0 Å². The molecule has 0 radical (unpaired) electrons. The van der Waals surface area contributed by atoms with E-state index >= 15 is 0 Å². The summed E-state index contributed by atoms with van der Waals surface area (Å²) in [5, 5.41) is 4.54. The number of aromatic amines is 1. The second kappa shape index (κ2) is 12.4. The molecule has 15 heteroatoms. The third-order valence-corrected chi connectivity index (χ3v) is 8.19. The van der Waals surface area contributed by atoms with Gasteiger partial charge in [0.05, 0.1) is 35.0 Å². The van der Waals surface area contributed by atoms with Crippen LogP contribution in [0.4, 0.5) is 20.3 Å². The van der Waals surface area contributed by atoms with E-state index in [1.54, 1.807) is 39.0 Å². The van der Waals surface area contributed by atoms with Crippen LogP contribution < -0.4 is 15.2 Å². The Kier molecular flexibility index (Phi) is 8.55. The van der Waals surface area contributed by atoms with Crippen molar-refractivity contribution in [1.82, 2.24) is 24.6 Å². The van der Waals surface area contributed by atoms with Gasteiger partial charge in [0.1, 0.15) is 17.4 Å². The van der Waals surface area contributed by atoms with E-state index in [1.165, 1.54) is 46.2 Å². The highest BCUT2D eigenvalue weighted by Crippen LogP contribution is 2.29. The molecule has 234 valence electrons. The Bertz CT molecular complexity index is 2040. The Balaban J connectivity index is 1.37. The first-order chi connectivity index (χ1) is 21.4. The van der Waals surface area contributed by atoms with Crippen molar-refractivity contribution in [3.63, 3.8) is 0 Å². The van der Waals surface area contributed by atoms with Crippen LogP contribution in [0.2, 0.25) is 0 Å². The highest BCUT2D eigenvalue weighted by atomic mass is 32.2. The molecule has 0 saturated carbocycles. The van der Waals surface area contributed by atoms with Crippen LogP contribution >= 0.6 is 0 Å². The highest BCUT2D eigenvalue weighted by Gasteiger charge is 2.24. The Labute approximate surface area is 256 Å². The minimum Gasteiger partial charge on any atom is -0.436 e. The predicted octanol–water partition coefficient (Wildman–Crippen LogP) is 4.55. The Hall–Kier alpha value is -5.31. The average Bonchev–Trinajstić information content (AvgIpc) is 3.57. The number of carbonyl (C=O) groups is 2. The quantitative estimate of drug-likeness (QED) is 0.178. The number of H-pyrrole nitrogens is 1. The molecule has 4 N–H and O–H groups in total. The SMILES string of the molecule is CCN(CC)C(=O)CS(=O)(=O)Nc1cc2[nH]c(C(=O)c3cnn(-c4cnc(Oc5ccccc5F)cc4C)c3N)cc2cc1F. The number of hydrogen-bond acceptors (Lipinski definition) is 8. The third kappa shape index (κ3) is 6.47. The summed E-state index contributed by atoms with van der Waals surface area (Å²) in [5.74, 6) is -3.28. The number of aromatic nitrogens is 4. The molecule has 2 aromatic carbocycles. The largest absolute Gasteiger partial charge is 0.436 e. The Morgan fingerprint density at radius 3 is 2.49 bits per heavy atom. The number of aryl methyl sites for hydroxylation is 1. The van der Waals surface area contributed by atoms with E-state index in [0.29, 0.717) is 29.7 Å². The summed E-state index contributed by atoms with van der Waals surface area (Å²) in [4.78, 5) is 34.1. The van der Waals surface area contributed by atoms with Crippen molar-refractivity contribution in [2.45, 2.75) is 20.8 Å². The zero-order valence-corrected chi connectivity index (χ0v) is 25.3. The number of pyridine rings is 1. The van der Waals surface area contributed by atoms with E-state index in [-0.39, 0.29) is 39.9 Å². The van der Waals surface area contributed by atoms with Crippen molar-refractivity contribution < 1.29 is 31.5 Å². The molecule has 45 heavy (non-hydrogen) atoms. The molecule has 12 nitrogen and oxygen atoms in total. The second-order valence-electron chi connectivity index (χ2n) is 10.1. The number of nitrogens with two attached hydrogens (primary N) is 1. The first-order valence-corrected chi connectivity index (χ1v) is 15.4. The molecule has 0 bridgehead atoms. The van der Waals surface area contributed by atoms with Crippen LogP contribution in [0.15, 0.2) is 60.9 Å². The molecule has 3 aromatic heterocycles. The molecular formula is C30H29F2N7O5S. The molecule has 0 aliphatic rings. The Morgan fingerprint density at radius 2 is 1.80 bits per heavy atom. The number of amides is 1. The standard InChI is InChI=1S/C30H29F2N7O5S/c1-4-38(5-2)28(40)16-45(42,43)37-23-13-22-18(11-21(23)32)12-24(36-22)29(41)19-14-35-39(30(19)33)25-15-34-27(10-17(25)3)44-26-9-7-6-8-20(26)31/h6-15,36-37H,4-5,16,33H2,1-3H3. The zero-order valence-electron chi connectivity index (χ0n) is 24.5. The minimum absolute atomic E-state index is 0.00354. The molecule has 0 unspecified atom stereocenters. The summed E-state index contributed by atoms with van der Waals surface area (Å²) in [7, 11) is -4.22. The molecule has 0 atom stereocenters. The number of fused-ring (bicyclic) bond motifs is 1.